The second-order valence-corrected chi connectivity index (χ2v) is 4.84. The summed E-state index contributed by atoms with van der Waals surface area (Å²) in [6.45, 7) is 0. The molecule has 7 nitrogen and oxygen atoms in total. The number of hydrogen-bond donors (Lipinski definition) is 0. The minimum atomic E-state index is -0.686. The first-order valence-electron chi connectivity index (χ1n) is 6.63. The highest BCUT2D eigenvalue weighted by Gasteiger charge is 2.39. The third kappa shape index (κ3) is 1.97. The highest BCUT2D eigenvalue weighted by Crippen LogP contribution is 2.40. The average molecular weight is 313 g/mol. The molecule has 0 saturated carbocycles. The number of carbonyl (C=O) groups excluding carboxylic acids is 2. The van der Waals surface area contributed by atoms with E-state index in [0.29, 0.717) is 0 Å². The van der Waals surface area contributed by atoms with Crippen LogP contribution in [-0.4, -0.2) is 30.7 Å². The van der Waals surface area contributed by atoms with Crippen LogP contribution in [0.4, 0.5) is 5.69 Å². The van der Waals surface area contributed by atoms with E-state index < -0.39 is 22.2 Å². The molecule has 0 amide bonds. The van der Waals surface area contributed by atoms with Crippen molar-refractivity contribution < 1.29 is 24.0 Å². The lowest BCUT2D eigenvalue weighted by atomic mass is 9.82. The summed E-state index contributed by atoms with van der Waals surface area (Å²) in [5.74, 6) is -0.785. The molecule has 2 aromatic rings. The van der Waals surface area contributed by atoms with Crippen LogP contribution >= 0.6 is 0 Å². The lowest BCUT2D eigenvalue weighted by Gasteiger charge is -2.21. The fraction of sp³-hybridized carbons (Fsp3) is 0.125. The molecule has 0 atom stereocenters. The van der Waals surface area contributed by atoms with Crippen molar-refractivity contribution in [3.8, 4) is 11.5 Å². The lowest BCUT2D eigenvalue weighted by Crippen LogP contribution is -2.23. The number of ether oxygens (including phenoxy) is 2. The van der Waals surface area contributed by atoms with Crippen molar-refractivity contribution >= 4 is 17.3 Å². The predicted octanol–water partition coefficient (Wildman–Crippen LogP) is 2.39. The molecule has 3 rings (SSSR count). The average Bonchev–Trinajstić information content (AvgIpc) is 2.57. The highest BCUT2D eigenvalue weighted by atomic mass is 16.6. The van der Waals surface area contributed by atoms with E-state index in [1.807, 2.05) is 0 Å². The van der Waals surface area contributed by atoms with Gasteiger partial charge in [-0.25, -0.2) is 0 Å². The Hall–Kier alpha value is -3.22. The fourth-order valence-electron chi connectivity index (χ4n) is 2.73. The third-order valence-corrected chi connectivity index (χ3v) is 3.73. The Balaban J connectivity index is 2.41. The first kappa shape index (κ1) is 14.7. The number of nitro groups is 1. The van der Waals surface area contributed by atoms with Gasteiger partial charge >= 0.3 is 0 Å². The maximum absolute atomic E-state index is 12.9. The van der Waals surface area contributed by atoms with Gasteiger partial charge in [0.1, 0.15) is 17.1 Å². The van der Waals surface area contributed by atoms with Gasteiger partial charge in [-0.1, -0.05) is 12.1 Å². The smallest absolute Gasteiger partial charge is 0.281 e. The molecule has 1 aliphatic carbocycles. The number of fused-ring (bicyclic) bond motifs is 2. The number of methoxy groups -OCH3 is 2. The van der Waals surface area contributed by atoms with Gasteiger partial charge in [0.2, 0.25) is 11.6 Å². The minimum Gasteiger partial charge on any atom is -0.496 e. The summed E-state index contributed by atoms with van der Waals surface area (Å²) in [5.41, 5.74) is -0.610. The Morgan fingerprint density at radius 2 is 1.52 bits per heavy atom. The van der Waals surface area contributed by atoms with Crippen molar-refractivity contribution in [1.82, 2.24) is 0 Å². The number of carbonyl (C=O) groups is 2. The van der Waals surface area contributed by atoms with Crippen LogP contribution in [0.15, 0.2) is 30.3 Å². The minimum absolute atomic E-state index is 0.0817. The second-order valence-electron chi connectivity index (χ2n) is 4.84. The summed E-state index contributed by atoms with van der Waals surface area (Å²) in [6.07, 6.45) is 0. The molecule has 0 N–H and O–H groups in total. The quantitative estimate of drug-likeness (QED) is 0.544. The molecule has 116 valence electrons. The van der Waals surface area contributed by atoms with E-state index in [-0.39, 0.29) is 33.8 Å². The Labute approximate surface area is 130 Å². The van der Waals surface area contributed by atoms with Crippen LogP contribution in [0.3, 0.4) is 0 Å². The van der Waals surface area contributed by atoms with Crippen LogP contribution in [0.1, 0.15) is 31.8 Å². The van der Waals surface area contributed by atoms with Crippen LogP contribution in [0.25, 0.3) is 0 Å². The Morgan fingerprint density at radius 1 is 0.870 bits per heavy atom. The summed E-state index contributed by atoms with van der Waals surface area (Å²) in [6, 6.07) is 7.03. The van der Waals surface area contributed by atoms with Gasteiger partial charge in [-0.05, 0) is 12.1 Å². The Kier molecular flexibility index (Phi) is 3.33. The van der Waals surface area contributed by atoms with E-state index in [0.717, 1.165) is 6.07 Å². The van der Waals surface area contributed by atoms with Crippen molar-refractivity contribution in [2.75, 3.05) is 14.2 Å². The first-order valence-corrected chi connectivity index (χ1v) is 6.63. The highest BCUT2D eigenvalue weighted by molar-refractivity contribution is 6.31. The van der Waals surface area contributed by atoms with Crippen LogP contribution in [0.2, 0.25) is 0 Å². The normalized spacial score (nSPS) is 12.4. The summed E-state index contributed by atoms with van der Waals surface area (Å²) in [7, 11) is 2.71. The SMILES string of the molecule is COc1cccc2c1C(=O)c1c(OC)ccc([N+](=O)[O-])c1C2=O. The van der Waals surface area contributed by atoms with E-state index in [4.69, 9.17) is 9.47 Å². The second kappa shape index (κ2) is 5.20. The number of rotatable bonds is 3. The molecule has 2 aromatic carbocycles. The molecule has 0 fully saturated rings. The maximum Gasteiger partial charge on any atom is 0.281 e. The molecule has 23 heavy (non-hydrogen) atoms. The van der Waals surface area contributed by atoms with Gasteiger partial charge in [-0.15, -0.1) is 0 Å². The van der Waals surface area contributed by atoms with Gasteiger partial charge in [-0.2, -0.15) is 0 Å². The summed E-state index contributed by atoms with van der Waals surface area (Å²) in [4.78, 5) is 36.2. The zero-order valence-corrected chi connectivity index (χ0v) is 12.3. The predicted molar refractivity (Wildman–Crippen MR) is 79.5 cm³/mol. The number of hydrogen-bond acceptors (Lipinski definition) is 6. The van der Waals surface area contributed by atoms with E-state index >= 15 is 0 Å². The number of ketones is 2. The number of nitrogens with zero attached hydrogens (tertiary/aromatic N) is 1. The van der Waals surface area contributed by atoms with Crippen molar-refractivity contribution in [2.45, 2.75) is 0 Å². The van der Waals surface area contributed by atoms with Crippen LogP contribution in [0.5, 0.6) is 11.5 Å². The fourth-order valence-corrected chi connectivity index (χ4v) is 2.73. The van der Waals surface area contributed by atoms with Gasteiger partial charge in [0.05, 0.1) is 30.3 Å². The lowest BCUT2D eigenvalue weighted by molar-refractivity contribution is -0.385. The third-order valence-electron chi connectivity index (χ3n) is 3.73. The molecule has 0 bridgehead atoms. The van der Waals surface area contributed by atoms with Crippen LogP contribution in [0, 0.1) is 10.1 Å². The van der Waals surface area contributed by atoms with Gasteiger partial charge in [0.25, 0.3) is 5.69 Å². The van der Waals surface area contributed by atoms with Gasteiger partial charge < -0.3 is 9.47 Å². The molecule has 0 aliphatic heterocycles. The summed E-state index contributed by atoms with van der Waals surface area (Å²) < 4.78 is 10.3. The summed E-state index contributed by atoms with van der Waals surface area (Å²) >= 11 is 0. The van der Waals surface area contributed by atoms with Crippen molar-refractivity contribution in [3.63, 3.8) is 0 Å². The molecule has 1 aliphatic rings. The zero-order valence-electron chi connectivity index (χ0n) is 12.3. The Bertz CT molecular complexity index is 871. The number of benzene rings is 2. The molecule has 0 aromatic heterocycles. The van der Waals surface area contributed by atoms with Crippen molar-refractivity contribution in [3.05, 3.63) is 62.7 Å². The molecule has 0 saturated heterocycles. The molecule has 0 unspecified atom stereocenters. The van der Waals surface area contributed by atoms with Gasteiger partial charge in [-0.3, -0.25) is 19.7 Å². The summed E-state index contributed by atoms with van der Waals surface area (Å²) in [5, 5.41) is 11.2. The first-order chi connectivity index (χ1) is 11.0. The molecule has 0 radical (unpaired) electrons. The largest absolute Gasteiger partial charge is 0.496 e. The van der Waals surface area contributed by atoms with E-state index in [9.17, 15) is 19.7 Å². The monoisotopic (exact) mass is 313 g/mol. The van der Waals surface area contributed by atoms with Gasteiger partial charge in [0, 0.05) is 11.6 Å². The van der Waals surface area contributed by atoms with Crippen LogP contribution < -0.4 is 9.47 Å². The van der Waals surface area contributed by atoms with Crippen LogP contribution in [-0.2, 0) is 0 Å². The topological polar surface area (TPSA) is 95.7 Å². The molecule has 0 heterocycles. The van der Waals surface area contributed by atoms with Gasteiger partial charge in [0.15, 0.2) is 0 Å². The van der Waals surface area contributed by atoms with E-state index in [1.54, 1.807) is 12.1 Å². The zero-order chi connectivity index (χ0) is 16.7. The standard InChI is InChI=1S/C16H11NO6/c1-22-10-5-3-4-8-12(10)16(19)14-11(23-2)7-6-9(17(20)21)13(14)15(8)18/h3-7H,1-2H3. The molecule has 0 spiro atoms. The molecular weight excluding hydrogens is 302 g/mol. The number of nitro benzene ring substituents is 1. The van der Waals surface area contributed by atoms with E-state index in [1.165, 1.54) is 26.4 Å². The van der Waals surface area contributed by atoms with E-state index in [2.05, 4.69) is 0 Å². The van der Waals surface area contributed by atoms with Crippen molar-refractivity contribution in [1.29, 1.82) is 0 Å². The Morgan fingerprint density at radius 3 is 2.13 bits per heavy atom. The molecule has 7 heteroatoms. The molecular formula is C16H11NO6. The van der Waals surface area contributed by atoms with Crippen molar-refractivity contribution in [2.24, 2.45) is 0 Å². The maximum atomic E-state index is 12.9.